The lowest BCUT2D eigenvalue weighted by molar-refractivity contribution is -0.136. The van der Waals surface area contributed by atoms with Crippen LogP contribution in [0.2, 0.25) is 0 Å². The largest absolute Gasteiger partial charge is 0.496 e. The van der Waals surface area contributed by atoms with E-state index in [9.17, 15) is 18.8 Å². The molecular formula is C14H13FN2O4. The van der Waals surface area contributed by atoms with E-state index in [1.54, 1.807) is 0 Å². The van der Waals surface area contributed by atoms with Gasteiger partial charge in [0.05, 0.1) is 19.2 Å². The SMILES string of the molecule is COc1cc(F)cc2c1CN(C1CCC(=O)NC1=O)C2=O. The van der Waals surface area contributed by atoms with Crippen molar-refractivity contribution in [3.05, 3.63) is 29.1 Å². The van der Waals surface area contributed by atoms with Gasteiger partial charge in [-0.2, -0.15) is 0 Å². The molecule has 1 fully saturated rings. The third kappa shape index (κ3) is 2.14. The number of piperidine rings is 1. The minimum absolute atomic E-state index is 0.171. The third-order valence-corrected chi connectivity index (χ3v) is 3.80. The molecule has 1 unspecified atom stereocenters. The minimum atomic E-state index is -0.713. The lowest BCUT2D eigenvalue weighted by Gasteiger charge is -2.29. The fourth-order valence-corrected chi connectivity index (χ4v) is 2.78. The number of hydrogen-bond donors (Lipinski definition) is 1. The van der Waals surface area contributed by atoms with Crippen molar-refractivity contribution in [3.63, 3.8) is 0 Å². The summed E-state index contributed by atoms with van der Waals surface area (Å²) < 4.78 is 18.6. The molecule has 1 saturated heterocycles. The van der Waals surface area contributed by atoms with Gasteiger partial charge in [0, 0.05) is 18.1 Å². The Balaban J connectivity index is 1.93. The van der Waals surface area contributed by atoms with Gasteiger partial charge in [-0.3, -0.25) is 19.7 Å². The number of methoxy groups -OCH3 is 1. The Hall–Kier alpha value is -2.44. The van der Waals surface area contributed by atoms with Crippen LogP contribution >= 0.6 is 0 Å². The molecular weight excluding hydrogens is 279 g/mol. The van der Waals surface area contributed by atoms with Gasteiger partial charge in [0.25, 0.3) is 5.91 Å². The highest BCUT2D eigenvalue weighted by Gasteiger charge is 2.40. The molecule has 110 valence electrons. The van der Waals surface area contributed by atoms with Crippen LogP contribution in [0.5, 0.6) is 5.75 Å². The maximum absolute atomic E-state index is 13.5. The van der Waals surface area contributed by atoms with Crippen molar-refractivity contribution in [2.45, 2.75) is 25.4 Å². The first-order valence-corrected chi connectivity index (χ1v) is 6.52. The number of fused-ring (bicyclic) bond motifs is 1. The molecule has 1 aromatic carbocycles. The molecule has 21 heavy (non-hydrogen) atoms. The number of imide groups is 1. The molecule has 2 aliphatic rings. The Morgan fingerprint density at radius 2 is 2.10 bits per heavy atom. The molecule has 2 heterocycles. The molecule has 0 aliphatic carbocycles. The first-order valence-electron chi connectivity index (χ1n) is 6.52. The van der Waals surface area contributed by atoms with Gasteiger partial charge in [-0.25, -0.2) is 4.39 Å². The molecule has 0 spiro atoms. The first-order chi connectivity index (χ1) is 10.0. The Labute approximate surface area is 119 Å². The zero-order chi connectivity index (χ0) is 15.1. The maximum Gasteiger partial charge on any atom is 0.255 e. The molecule has 6 nitrogen and oxygen atoms in total. The Bertz CT molecular complexity index is 659. The molecule has 0 aromatic heterocycles. The smallest absolute Gasteiger partial charge is 0.255 e. The highest BCUT2D eigenvalue weighted by Crippen LogP contribution is 2.34. The minimum Gasteiger partial charge on any atom is -0.496 e. The summed E-state index contributed by atoms with van der Waals surface area (Å²) in [5.74, 6) is -1.54. The second-order valence-corrected chi connectivity index (χ2v) is 5.03. The van der Waals surface area contributed by atoms with E-state index >= 15 is 0 Å². The van der Waals surface area contributed by atoms with Gasteiger partial charge < -0.3 is 9.64 Å². The van der Waals surface area contributed by atoms with E-state index in [0.29, 0.717) is 5.56 Å². The molecule has 1 atom stereocenters. The number of amides is 3. The summed E-state index contributed by atoms with van der Waals surface area (Å²) in [5, 5.41) is 2.22. The summed E-state index contributed by atoms with van der Waals surface area (Å²) in [4.78, 5) is 36.8. The van der Waals surface area contributed by atoms with Crippen LogP contribution in [-0.4, -0.2) is 35.8 Å². The van der Waals surface area contributed by atoms with Crippen LogP contribution in [0.4, 0.5) is 4.39 Å². The van der Waals surface area contributed by atoms with Gasteiger partial charge in [0.15, 0.2) is 0 Å². The zero-order valence-electron chi connectivity index (χ0n) is 11.3. The quantitative estimate of drug-likeness (QED) is 0.810. The number of ether oxygens (including phenoxy) is 1. The zero-order valence-corrected chi connectivity index (χ0v) is 11.3. The van der Waals surface area contributed by atoms with Crippen LogP contribution in [0.1, 0.15) is 28.8 Å². The van der Waals surface area contributed by atoms with Crippen molar-refractivity contribution in [2.24, 2.45) is 0 Å². The van der Waals surface area contributed by atoms with E-state index in [-0.39, 0.29) is 36.6 Å². The van der Waals surface area contributed by atoms with E-state index in [0.717, 1.165) is 6.07 Å². The number of rotatable bonds is 2. The van der Waals surface area contributed by atoms with Crippen molar-refractivity contribution in [1.29, 1.82) is 0 Å². The average Bonchev–Trinajstić information content (AvgIpc) is 2.76. The number of hydrogen-bond acceptors (Lipinski definition) is 4. The van der Waals surface area contributed by atoms with E-state index < -0.39 is 23.7 Å². The van der Waals surface area contributed by atoms with Crippen LogP contribution in [-0.2, 0) is 16.1 Å². The number of carbonyl (C=O) groups excluding carboxylic acids is 3. The monoisotopic (exact) mass is 292 g/mol. The van der Waals surface area contributed by atoms with E-state index in [1.165, 1.54) is 18.1 Å². The van der Waals surface area contributed by atoms with E-state index in [2.05, 4.69) is 5.32 Å². The van der Waals surface area contributed by atoms with Gasteiger partial charge >= 0.3 is 0 Å². The summed E-state index contributed by atoms with van der Waals surface area (Å²) >= 11 is 0. The Kier molecular flexibility index (Phi) is 3.12. The van der Waals surface area contributed by atoms with Crippen LogP contribution < -0.4 is 10.1 Å². The van der Waals surface area contributed by atoms with Gasteiger partial charge in [-0.15, -0.1) is 0 Å². The normalized spacial score (nSPS) is 21.3. The molecule has 3 amide bonds. The van der Waals surface area contributed by atoms with E-state index in [4.69, 9.17) is 4.74 Å². The molecule has 0 saturated carbocycles. The van der Waals surface area contributed by atoms with E-state index in [1.807, 2.05) is 0 Å². The maximum atomic E-state index is 13.5. The second-order valence-electron chi connectivity index (χ2n) is 5.03. The summed E-state index contributed by atoms with van der Waals surface area (Å²) in [5.41, 5.74) is 0.769. The third-order valence-electron chi connectivity index (χ3n) is 3.80. The number of benzene rings is 1. The predicted molar refractivity (Wildman–Crippen MR) is 69.0 cm³/mol. The number of nitrogens with one attached hydrogen (secondary N) is 1. The Morgan fingerprint density at radius 3 is 2.76 bits per heavy atom. The molecule has 0 radical (unpaired) electrons. The van der Waals surface area contributed by atoms with Gasteiger partial charge in [-0.05, 0) is 12.5 Å². The molecule has 2 aliphatic heterocycles. The van der Waals surface area contributed by atoms with Crippen molar-refractivity contribution in [3.8, 4) is 5.75 Å². The first kappa shape index (κ1) is 13.5. The molecule has 1 N–H and O–H groups in total. The van der Waals surface area contributed by atoms with Crippen LogP contribution in [0.15, 0.2) is 12.1 Å². The summed E-state index contributed by atoms with van der Waals surface area (Å²) in [7, 11) is 1.40. The summed E-state index contributed by atoms with van der Waals surface area (Å²) in [6.45, 7) is 0.171. The van der Waals surface area contributed by atoms with Crippen LogP contribution in [0.25, 0.3) is 0 Å². The van der Waals surface area contributed by atoms with Crippen molar-refractivity contribution < 1.29 is 23.5 Å². The van der Waals surface area contributed by atoms with Gasteiger partial charge in [0.2, 0.25) is 11.8 Å². The Morgan fingerprint density at radius 1 is 1.33 bits per heavy atom. The lowest BCUT2D eigenvalue weighted by Crippen LogP contribution is -2.52. The van der Waals surface area contributed by atoms with Crippen molar-refractivity contribution in [1.82, 2.24) is 10.2 Å². The average molecular weight is 292 g/mol. The molecule has 7 heteroatoms. The fourth-order valence-electron chi connectivity index (χ4n) is 2.78. The molecule has 1 aromatic rings. The highest BCUT2D eigenvalue weighted by molar-refractivity contribution is 6.05. The number of carbonyl (C=O) groups is 3. The lowest BCUT2D eigenvalue weighted by atomic mass is 10.0. The molecule has 0 bridgehead atoms. The number of nitrogens with zero attached hydrogens (tertiary/aromatic N) is 1. The van der Waals surface area contributed by atoms with Crippen LogP contribution in [0.3, 0.4) is 0 Å². The highest BCUT2D eigenvalue weighted by atomic mass is 19.1. The second kappa shape index (κ2) is 4.83. The van der Waals surface area contributed by atoms with Crippen molar-refractivity contribution >= 4 is 17.7 Å². The van der Waals surface area contributed by atoms with Crippen LogP contribution in [0, 0.1) is 5.82 Å². The predicted octanol–water partition coefficient (Wildman–Crippen LogP) is 0.595. The number of halogens is 1. The standard InChI is InChI=1S/C14H13FN2O4/c1-21-11-5-7(15)4-8-9(11)6-17(14(8)20)10-2-3-12(18)16-13(10)19/h4-5,10H,2-3,6H2,1H3,(H,16,18,19). The molecule has 3 rings (SSSR count). The summed E-state index contributed by atoms with van der Waals surface area (Å²) in [6, 6.07) is 1.64. The van der Waals surface area contributed by atoms with Gasteiger partial charge in [0.1, 0.15) is 17.6 Å². The summed E-state index contributed by atoms with van der Waals surface area (Å²) in [6.07, 6.45) is 0.456. The fraction of sp³-hybridized carbons (Fsp3) is 0.357. The topological polar surface area (TPSA) is 75.7 Å². The van der Waals surface area contributed by atoms with Gasteiger partial charge in [-0.1, -0.05) is 0 Å². The van der Waals surface area contributed by atoms with Crippen molar-refractivity contribution in [2.75, 3.05) is 7.11 Å².